The van der Waals surface area contributed by atoms with Gasteiger partial charge in [-0.05, 0) is 66.2 Å². The molecule has 0 atom stereocenters. The zero-order valence-corrected chi connectivity index (χ0v) is 23.1. The lowest BCUT2D eigenvalue weighted by Gasteiger charge is -2.24. The standard InChI is InChI=1S/C30H27N3O7S/c1-38-27-18-17-26(19-28(27)39-2)41(36,37)33(24-11-7-4-8-12-24)21-29(34)32-31-20-22-13-15-25(16-14-22)40-30(35)23-9-5-3-6-10-23/h3-20H,21H2,1-2H3,(H,32,34)/b31-20-. The van der Waals surface area contributed by atoms with Crippen LogP contribution in [-0.2, 0) is 14.8 Å². The van der Waals surface area contributed by atoms with Crippen molar-refractivity contribution in [2.75, 3.05) is 25.1 Å². The molecule has 1 amide bonds. The fourth-order valence-electron chi connectivity index (χ4n) is 3.72. The number of anilines is 1. The Hall–Kier alpha value is -5.16. The molecule has 4 rings (SSSR count). The molecule has 0 saturated heterocycles. The van der Waals surface area contributed by atoms with Gasteiger partial charge < -0.3 is 14.2 Å². The molecular formula is C30H27N3O7S. The Morgan fingerprint density at radius 3 is 2.10 bits per heavy atom. The highest BCUT2D eigenvalue weighted by molar-refractivity contribution is 7.92. The van der Waals surface area contributed by atoms with Gasteiger partial charge in [0.1, 0.15) is 12.3 Å². The number of benzene rings is 4. The number of hydrogen-bond donors (Lipinski definition) is 1. The Kier molecular flexibility index (Phi) is 9.33. The van der Waals surface area contributed by atoms with Gasteiger partial charge in [-0.3, -0.25) is 9.10 Å². The maximum Gasteiger partial charge on any atom is 0.343 e. The van der Waals surface area contributed by atoms with E-state index in [2.05, 4.69) is 10.5 Å². The van der Waals surface area contributed by atoms with Gasteiger partial charge in [-0.2, -0.15) is 5.10 Å². The highest BCUT2D eigenvalue weighted by Crippen LogP contribution is 2.32. The van der Waals surface area contributed by atoms with Crippen molar-refractivity contribution in [3.63, 3.8) is 0 Å². The van der Waals surface area contributed by atoms with E-state index < -0.39 is 28.4 Å². The molecule has 41 heavy (non-hydrogen) atoms. The highest BCUT2D eigenvalue weighted by atomic mass is 32.2. The van der Waals surface area contributed by atoms with Crippen molar-refractivity contribution in [1.82, 2.24) is 5.43 Å². The maximum atomic E-state index is 13.6. The van der Waals surface area contributed by atoms with Crippen molar-refractivity contribution in [3.05, 3.63) is 114 Å². The summed E-state index contributed by atoms with van der Waals surface area (Å²) < 4.78 is 44.0. The van der Waals surface area contributed by atoms with Crippen LogP contribution in [0.3, 0.4) is 0 Å². The average Bonchev–Trinajstić information content (AvgIpc) is 3.01. The van der Waals surface area contributed by atoms with E-state index in [0.717, 1.165) is 4.31 Å². The van der Waals surface area contributed by atoms with Crippen LogP contribution in [0.5, 0.6) is 17.2 Å². The van der Waals surface area contributed by atoms with Gasteiger partial charge in [-0.25, -0.2) is 18.6 Å². The molecule has 11 heteroatoms. The summed E-state index contributed by atoms with van der Waals surface area (Å²) in [7, 11) is -1.33. The third kappa shape index (κ3) is 7.28. The fourth-order valence-corrected chi connectivity index (χ4v) is 5.16. The van der Waals surface area contributed by atoms with E-state index >= 15 is 0 Å². The Morgan fingerprint density at radius 2 is 1.46 bits per heavy atom. The van der Waals surface area contributed by atoms with Crippen LogP contribution in [0.4, 0.5) is 5.69 Å². The summed E-state index contributed by atoms with van der Waals surface area (Å²) in [5.74, 6) is -0.199. The molecule has 4 aromatic rings. The molecule has 4 aromatic carbocycles. The van der Waals surface area contributed by atoms with Crippen molar-refractivity contribution in [3.8, 4) is 17.2 Å². The molecule has 0 aromatic heterocycles. The number of hydrazone groups is 1. The van der Waals surface area contributed by atoms with E-state index in [9.17, 15) is 18.0 Å². The van der Waals surface area contributed by atoms with Crippen LogP contribution in [-0.4, -0.2) is 47.3 Å². The van der Waals surface area contributed by atoms with E-state index in [-0.39, 0.29) is 10.6 Å². The van der Waals surface area contributed by atoms with E-state index in [1.807, 2.05) is 0 Å². The molecule has 0 aliphatic heterocycles. The minimum Gasteiger partial charge on any atom is -0.493 e. The zero-order valence-electron chi connectivity index (χ0n) is 22.3. The Balaban J connectivity index is 1.44. The third-order valence-corrected chi connectivity index (χ3v) is 7.55. The van der Waals surface area contributed by atoms with Crippen LogP contribution < -0.4 is 23.9 Å². The Morgan fingerprint density at radius 1 is 0.829 bits per heavy atom. The lowest BCUT2D eigenvalue weighted by atomic mass is 10.2. The lowest BCUT2D eigenvalue weighted by molar-refractivity contribution is -0.119. The van der Waals surface area contributed by atoms with Gasteiger partial charge in [0, 0.05) is 6.07 Å². The molecule has 0 aliphatic carbocycles. The molecule has 0 radical (unpaired) electrons. The van der Waals surface area contributed by atoms with Gasteiger partial charge in [0.15, 0.2) is 11.5 Å². The summed E-state index contributed by atoms with van der Waals surface area (Å²) in [6.45, 7) is -0.535. The molecule has 0 spiro atoms. The summed E-state index contributed by atoms with van der Waals surface area (Å²) in [4.78, 5) is 24.9. The molecule has 1 N–H and O–H groups in total. The van der Waals surface area contributed by atoms with Crippen LogP contribution in [0, 0.1) is 0 Å². The molecule has 10 nitrogen and oxygen atoms in total. The summed E-state index contributed by atoms with van der Waals surface area (Å²) in [6, 6.07) is 27.5. The average molecular weight is 574 g/mol. The number of nitrogens with one attached hydrogen (secondary N) is 1. The highest BCUT2D eigenvalue weighted by Gasteiger charge is 2.28. The van der Waals surface area contributed by atoms with Crippen LogP contribution in [0.2, 0.25) is 0 Å². The molecule has 0 bridgehead atoms. The van der Waals surface area contributed by atoms with Crippen LogP contribution in [0.1, 0.15) is 15.9 Å². The lowest BCUT2D eigenvalue weighted by Crippen LogP contribution is -2.39. The SMILES string of the molecule is COc1ccc(S(=O)(=O)N(CC(=O)N/N=C\c2ccc(OC(=O)c3ccccc3)cc2)c2ccccc2)cc1OC. The van der Waals surface area contributed by atoms with Crippen molar-refractivity contribution >= 4 is 33.8 Å². The van der Waals surface area contributed by atoms with Crippen molar-refractivity contribution in [2.24, 2.45) is 5.10 Å². The first-order chi connectivity index (χ1) is 19.8. The molecule has 0 saturated carbocycles. The number of ether oxygens (including phenoxy) is 3. The van der Waals surface area contributed by atoms with Crippen molar-refractivity contribution in [2.45, 2.75) is 4.90 Å². The van der Waals surface area contributed by atoms with Crippen molar-refractivity contribution < 1.29 is 32.2 Å². The molecule has 0 fully saturated rings. The van der Waals surface area contributed by atoms with E-state index in [0.29, 0.717) is 28.3 Å². The number of sulfonamides is 1. The topological polar surface area (TPSA) is 124 Å². The first kappa shape index (κ1) is 28.8. The second-order valence-corrected chi connectivity index (χ2v) is 10.3. The van der Waals surface area contributed by atoms with Gasteiger partial charge >= 0.3 is 5.97 Å². The van der Waals surface area contributed by atoms with Gasteiger partial charge in [0.25, 0.3) is 15.9 Å². The first-order valence-corrected chi connectivity index (χ1v) is 13.7. The number of carbonyl (C=O) groups excluding carboxylic acids is 2. The molecule has 0 unspecified atom stereocenters. The number of hydrogen-bond acceptors (Lipinski definition) is 8. The molecule has 0 aliphatic rings. The van der Waals surface area contributed by atoms with Crippen molar-refractivity contribution in [1.29, 1.82) is 0 Å². The number of nitrogens with zero attached hydrogens (tertiary/aromatic N) is 2. The monoisotopic (exact) mass is 573 g/mol. The van der Waals surface area contributed by atoms with Crippen LogP contribution in [0.25, 0.3) is 0 Å². The minimum atomic E-state index is -4.18. The summed E-state index contributed by atoms with van der Waals surface area (Å²) in [5.41, 5.74) is 3.69. The number of para-hydroxylation sites is 1. The first-order valence-electron chi connectivity index (χ1n) is 12.3. The molecular weight excluding hydrogens is 546 g/mol. The second kappa shape index (κ2) is 13.3. The van der Waals surface area contributed by atoms with Gasteiger partial charge in [-0.15, -0.1) is 0 Å². The van der Waals surface area contributed by atoms with Gasteiger partial charge in [-0.1, -0.05) is 36.4 Å². The number of carbonyl (C=O) groups is 2. The second-order valence-electron chi connectivity index (χ2n) is 8.48. The number of rotatable bonds is 11. The number of methoxy groups -OCH3 is 2. The number of amides is 1. The summed E-state index contributed by atoms with van der Waals surface area (Å²) in [6.07, 6.45) is 1.39. The predicted octanol–water partition coefficient (Wildman–Crippen LogP) is 4.27. The maximum absolute atomic E-state index is 13.6. The Bertz CT molecular complexity index is 1630. The fraction of sp³-hybridized carbons (Fsp3) is 0.100. The Labute approximate surface area is 237 Å². The van der Waals surface area contributed by atoms with Crippen LogP contribution >= 0.6 is 0 Å². The molecule has 0 heterocycles. The summed E-state index contributed by atoms with van der Waals surface area (Å²) in [5, 5.41) is 3.94. The van der Waals surface area contributed by atoms with Crippen LogP contribution in [0.15, 0.2) is 113 Å². The molecule has 210 valence electrons. The largest absolute Gasteiger partial charge is 0.493 e. The van der Waals surface area contributed by atoms with E-state index in [4.69, 9.17) is 14.2 Å². The normalized spacial score (nSPS) is 11.1. The van der Waals surface area contributed by atoms with Gasteiger partial charge in [0.05, 0.1) is 36.6 Å². The zero-order chi connectivity index (χ0) is 29.2. The third-order valence-electron chi connectivity index (χ3n) is 5.78. The smallest absolute Gasteiger partial charge is 0.343 e. The predicted molar refractivity (Wildman–Crippen MR) is 154 cm³/mol. The summed E-state index contributed by atoms with van der Waals surface area (Å²) >= 11 is 0. The quantitative estimate of drug-likeness (QED) is 0.123. The van der Waals surface area contributed by atoms with E-state index in [1.54, 1.807) is 84.9 Å². The van der Waals surface area contributed by atoms with E-state index in [1.165, 1.54) is 38.6 Å². The van der Waals surface area contributed by atoms with Gasteiger partial charge in [0.2, 0.25) is 0 Å². The minimum absolute atomic E-state index is 0.0802. The number of esters is 1.